The zero-order valence-electron chi connectivity index (χ0n) is 18.8. The lowest BCUT2D eigenvalue weighted by atomic mass is 9.80. The van der Waals surface area contributed by atoms with Crippen LogP contribution in [0.25, 0.3) is 0 Å². The molecular weight excluding hydrogens is 392 g/mol. The molecule has 2 aromatic carbocycles. The molecule has 0 spiro atoms. The minimum atomic E-state index is 0.103. The quantitative estimate of drug-likeness (QED) is 0.648. The predicted molar refractivity (Wildman–Crippen MR) is 126 cm³/mol. The van der Waals surface area contributed by atoms with Crippen molar-refractivity contribution in [2.75, 3.05) is 27.2 Å². The SMILES string of the molecule is CC1c2ccccc2CC[C@@H]1N1CCCC1.Cc1cc(CC(=O)N(C)C)ccc1Cl. The largest absolute Gasteiger partial charge is 0.349 e. The molecule has 4 heteroatoms. The van der Waals surface area contributed by atoms with Crippen molar-refractivity contribution in [3.05, 3.63) is 69.7 Å². The summed E-state index contributed by atoms with van der Waals surface area (Å²) in [5, 5.41) is 0.742. The van der Waals surface area contributed by atoms with Crippen LogP contribution in [0, 0.1) is 6.92 Å². The van der Waals surface area contributed by atoms with Gasteiger partial charge in [0, 0.05) is 25.2 Å². The monoisotopic (exact) mass is 426 g/mol. The van der Waals surface area contributed by atoms with E-state index in [9.17, 15) is 4.79 Å². The summed E-state index contributed by atoms with van der Waals surface area (Å²) in [5.41, 5.74) is 5.21. The second-order valence-electron chi connectivity index (χ2n) is 8.89. The standard InChI is InChI=1S/C15H21N.C11H14ClNO/c1-12-14-7-3-2-6-13(14)8-9-15(12)16-10-4-5-11-16;1-8-6-9(4-5-10(8)12)7-11(14)13(2)3/h2-3,6-7,12,15H,4-5,8-11H2,1H3;4-6H,7H2,1-3H3/t12?,15-;/m0./s1. The fourth-order valence-corrected chi connectivity index (χ4v) is 4.81. The first-order valence-corrected chi connectivity index (χ1v) is 11.5. The van der Waals surface area contributed by atoms with Crippen LogP contribution in [-0.2, 0) is 17.6 Å². The minimum absolute atomic E-state index is 0.103. The molecule has 1 aliphatic heterocycles. The van der Waals surface area contributed by atoms with Gasteiger partial charge in [-0.05, 0) is 79.9 Å². The Balaban J connectivity index is 0.000000173. The van der Waals surface area contributed by atoms with E-state index in [4.69, 9.17) is 11.6 Å². The number of fused-ring (bicyclic) bond motifs is 1. The first-order chi connectivity index (χ1) is 14.4. The summed E-state index contributed by atoms with van der Waals surface area (Å²) in [6.45, 7) is 7.02. The third-order valence-electron chi connectivity index (χ3n) is 6.52. The Hall–Kier alpha value is -1.84. The molecule has 162 valence electrons. The van der Waals surface area contributed by atoms with E-state index >= 15 is 0 Å². The highest BCUT2D eigenvalue weighted by Gasteiger charge is 2.31. The van der Waals surface area contributed by atoms with Crippen LogP contribution in [0.4, 0.5) is 0 Å². The van der Waals surface area contributed by atoms with Gasteiger partial charge in [-0.25, -0.2) is 0 Å². The molecular formula is C26H35ClN2O. The first-order valence-electron chi connectivity index (χ1n) is 11.1. The summed E-state index contributed by atoms with van der Waals surface area (Å²) in [7, 11) is 3.51. The number of hydrogen-bond donors (Lipinski definition) is 0. The fourth-order valence-electron chi connectivity index (χ4n) is 4.69. The van der Waals surface area contributed by atoms with E-state index in [-0.39, 0.29) is 5.91 Å². The fraction of sp³-hybridized carbons (Fsp3) is 0.500. The van der Waals surface area contributed by atoms with Crippen molar-refractivity contribution in [2.24, 2.45) is 0 Å². The van der Waals surface area contributed by atoms with Gasteiger partial charge in [-0.3, -0.25) is 9.69 Å². The summed E-state index contributed by atoms with van der Waals surface area (Å²) < 4.78 is 0. The van der Waals surface area contributed by atoms with Gasteiger partial charge in [0.1, 0.15) is 0 Å². The minimum Gasteiger partial charge on any atom is -0.349 e. The van der Waals surface area contributed by atoms with Crippen LogP contribution in [-0.4, -0.2) is 48.9 Å². The molecule has 1 aliphatic carbocycles. The number of rotatable bonds is 3. The molecule has 2 aromatic rings. The van der Waals surface area contributed by atoms with Crippen LogP contribution in [0.15, 0.2) is 42.5 Å². The number of likely N-dealkylation sites (tertiary alicyclic amines) is 1. The lowest BCUT2D eigenvalue weighted by molar-refractivity contribution is -0.127. The van der Waals surface area contributed by atoms with Crippen molar-refractivity contribution in [1.29, 1.82) is 0 Å². The second-order valence-corrected chi connectivity index (χ2v) is 9.29. The Kier molecular flexibility index (Phi) is 7.96. The number of hydrogen-bond acceptors (Lipinski definition) is 2. The number of halogens is 1. The third kappa shape index (κ3) is 5.65. The van der Waals surface area contributed by atoms with E-state index in [1.54, 1.807) is 30.1 Å². The van der Waals surface area contributed by atoms with E-state index in [0.717, 1.165) is 28.1 Å². The summed E-state index contributed by atoms with van der Waals surface area (Å²) in [5.74, 6) is 0.828. The van der Waals surface area contributed by atoms with E-state index in [2.05, 4.69) is 36.1 Å². The van der Waals surface area contributed by atoms with Gasteiger partial charge in [-0.15, -0.1) is 0 Å². The summed E-state index contributed by atoms with van der Waals surface area (Å²) in [4.78, 5) is 15.7. The van der Waals surface area contributed by atoms with Crippen molar-refractivity contribution >= 4 is 17.5 Å². The van der Waals surface area contributed by atoms with Gasteiger partial charge in [0.05, 0.1) is 6.42 Å². The maximum atomic E-state index is 11.4. The Morgan fingerprint density at radius 2 is 1.83 bits per heavy atom. The molecule has 1 saturated heterocycles. The van der Waals surface area contributed by atoms with Crippen LogP contribution >= 0.6 is 11.6 Å². The summed E-state index contributed by atoms with van der Waals surface area (Å²) in [6.07, 6.45) is 5.89. The number of benzene rings is 2. The van der Waals surface area contributed by atoms with Crippen molar-refractivity contribution in [1.82, 2.24) is 9.80 Å². The van der Waals surface area contributed by atoms with Crippen LogP contribution in [0.1, 0.15) is 54.4 Å². The summed E-state index contributed by atoms with van der Waals surface area (Å²) >= 11 is 5.88. The highest BCUT2D eigenvalue weighted by molar-refractivity contribution is 6.31. The van der Waals surface area contributed by atoms with Crippen molar-refractivity contribution in [3.63, 3.8) is 0 Å². The molecule has 0 saturated carbocycles. The van der Waals surface area contributed by atoms with Gasteiger partial charge in [0.15, 0.2) is 0 Å². The molecule has 2 atom stereocenters. The number of carbonyl (C=O) groups excluding carboxylic acids is 1. The van der Waals surface area contributed by atoms with Gasteiger partial charge in [0.2, 0.25) is 5.91 Å². The molecule has 3 nitrogen and oxygen atoms in total. The Labute approximate surface area is 187 Å². The highest BCUT2D eigenvalue weighted by atomic mass is 35.5. The average molecular weight is 427 g/mol. The van der Waals surface area contributed by atoms with Crippen LogP contribution in [0.2, 0.25) is 5.02 Å². The molecule has 4 rings (SSSR count). The van der Waals surface area contributed by atoms with Gasteiger partial charge >= 0.3 is 0 Å². The zero-order valence-corrected chi connectivity index (χ0v) is 19.6. The van der Waals surface area contributed by atoms with Crippen LogP contribution in [0.5, 0.6) is 0 Å². The molecule has 0 aromatic heterocycles. The second kappa shape index (κ2) is 10.5. The maximum absolute atomic E-state index is 11.4. The Bertz CT molecular complexity index is 858. The topological polar surface area (TPSA) is 23.6 Å². The van der Waals surface area contributed by atoms with E-state index < -0.39 is 0 Å². The van der Waals surface area contributed by atoms with Crippen LogP contribution in [0.3, 0.4) is 0 Å². The number of nitrogens with zero attached hydrogens (tertiary/aromatic N) is 2. The Morgan fingerprint density at radius 1 is 1.13 bits per heavy atom. The van der Waals surface area contributed by atoms with Gasteiger partial charge < -0.3 is 4.90 Å². The first kappa shape index (κ1) is 22.8. The zero-order chi connectivity index (χ0) is 21.7. The van der Waals surface area contributed by atoms with Gasteiger partial charge in [-0.1, -0.05) is 54.9 Å². The maximum Gasteiger partial charge on any atom is 0.226 e. The molecule has 2 aliphatic rings. The van der Waals surface area contributed by atoms with Crippen molar-refractivity contribution < 1.29 is 4.79 Å². The molecule has 1 amide bonds. The molecule has 1 heterocycles. The highest BCUT2D eigenvalue weighted by Crippen LogP contribution is 2.35. The number of aryl methyl sites for hydroxylation is 2. The van der Waals surface area contributed by atoms with E-state index in [1.807, 2.05) is 25.1 Å². The van der Waals surface area contributed by atoms with Gasteiger partial charge in [-0.2, -0.15) is 0 Å². The molecule has 1 unspecified atom stereocenters. The molecule has 0 bridgehead atoms. The van der Waals surface area contributed by atoms with Crippen molar-refractivity contribution in [2.45, 2.75) is 57.9 Å². The molecule has 0 radical (unpaired) electrons. The number of amides is 1. The molecule has 30 heavy (non-hydrogen) atoms. The Morgan fingerprint density at radius 3 is 2.50 bits per heavy atom. The van der Waals surface area contributed by atoms with Crippen LogP contribution < -0.4 is 0 Å². The lowest BCUT2D eigenvalue weighted by Crippen LogP contribution is -2.39. The van der Waals surface area contributed by atoms with Gasteiger partial charge in [0.25, 0.3) is 0 Å². The lowest BCUT2D eigenvalue weighted by Gasteiger charge is -2.37. The molecule has 0 N–H and O–H groups in total. The predicted octanol–water partition coefficient (Wildman–Crippen LogP) is 5.48. The third-order valence-corrected chi connectivity index (χ3v) is 6.94. The van der Waals surface area contributed by atoms with E-state index in [0.29, 0.717) is 6.42 Å². The van der Waals surface area contributed by atoms with Crippen molar-refractivity contribution in [3.8, 4) is 0 Å². The molecule has 1 fully saturated rings. The average Bonchev–Trinajstić information content (AvgIpc) is 3.26. The van der Waals surface area contributed by atoms with E-state index in [1.165, 1.54) is 38.8 Å². The number of likely N-dealkylation sites (N-methyl/N-ethyl adjacent to an activating group) is 1. The normalized spacial score (nSPS) is 20.8. The summed E-state index contributed by atoms with van der Waals surface area (Å²) in [6, 6.07) is 15.5. The smallest absolute Gasteiger partial charge is 0.226 e. The number of carbonyl (C=O) groups is 1.